The Morgan fingerprint density at radius 3 is 2.56 bits per heavy atom. The quantitative estimate of drug-likeness (QED) is 0.746. The maximum Gasteiger partial charge on any atom is 0.410 e. The third-order valence-corrected chi connectivity index (χ3v) is 5.06. The fourth-order valence-electron chi connectivity index (χ4n) is 3.51. The molecule has 3 rings (SSSR count). The normalized spacial score (nSPS) is 16.2. The summed E-state index contributed by atoms with van der Waals surface area (Å²) >= 11 is 0. The van der Waals surface area contributed by atoms with Crippen molar-refractivity contribution in [3.05, 3.63) is 57.5 Å². The molecule has 2 heterocycles. The van der Waals surface area contributed by atoms with E-state index < -0.39 is 46.5 Å². The van der Waals surface area contributed by atoms with Gasteiger partial charge in [0, 0.05) is 20.1 Å². The Bertz CT molecular complexity index is 1080. The summed E-state index contributed by atoms with van der Waals surface area (Å²) in [7, 11) is 1.43. The molecule has 9 nitrogen and oxygen atoms in total. The number of hydrogen-bond donors (Lipinski definition) is 2. The molecule has 32 heavy (non-hydrogen) atoms. The van der Waals surface area contributed by atoms with Gasteiger partial charge >= 0.3 is 6.09 Å². The molecular weight excluding hydrogens is 419 g/mol. The average molecular weight is 446 g/mol. The topological polar surface area (TPSA) is 114 Å². The lowest BCUT2D eigenvalue weighted by Gasteiger charge is -2.29. The number of carbonyl (C=O) groups excluding carboxylic acids is 2. The summed E-state index contributed by atoms with van der Waals surface area (Å²) in [6.45, 7) is 5.75. The zero-order valence-corrected chi connectivity index (χ0v) is 18.5. The third-order valence-electron chi connectivity index (χ3n) is 5.06. The Balaban J connectivity index is 1.87. The number of amides is 2. The first kappa shape index (κ1) is 23.2. The van der Waals surface area contributed by atoms with Gasteiger partial charge in [0.15, 0.2) is 5.69 Å². The predicted octanol–water partition coefficient (Wildman–Crippen LogP) is 2.63. The lowest BCUT2D eigenvalue weighted by atomic mass is 10.2. The second-order valence-corrected chi connectivity index (χ2v) is 8.67. The van der Waals surface area contributed by atoms with Crippen molar-refractivity contribution in [3.63, 3.8) is 0 Å². The van der Waals surface area contributed by atoms with E-state index in [2.05, 4.69) is 10.3 Å². The minimum absolute atomic E-state index is 0.0538. The van der Waals surface area contributed by atoms with Crippen LogP contribution < -0.4 is 10.9 Å². The Hall–Kier alpha value is -3.43. The third kappa shape index (κ3) is 5.06. The van der Waals surface area contributed by atoms with E-state index in [1.54, 1.807) is 20.8 Å². The van der Waals surface area contributed by atoms with Crippen molar-refractivity contribution in [2.24, 2.45) is 7.05 Å². The summed E-state index contributed by atoms with van der Waals surface area (Å²) in [5.41, 5.74) is -1.28. The Labute approximate surface area is 184 Å². The molecule has 2 aromatic rings. The van der Waals surface area contributed by atoms with Gasteiger partial charge in [-0.2, -0.15) is 0 Å². The highest BCUT2D eigenvalue weighted by atomic mass is 19.1. The second-order valence-electron chi connectivity index (χ2n) is 8.67. The van der Waals surface area contributed by atoms with E-state index in [0.717, 1.165) is 4.57 Å². The minimum atomic E-state index is -0.794. The van der Waals surface area contributed by atoms with Crippen LogP contribution >= 0.6 is 0 Å². The molecule has 1 aliphatic rings. The van der Waals surface area contributed by atoms with Crippen molar-refractivity contribution in [3.8, 4) is 5.75 Å². The molecule has 172 valence electrons. The number of nitrogens with one attached hydrogen (secondary N) is 1. The van der Waals surface area contributed by atoms with Crippen molar-refractivity contribution < 1.29 is 23.8 Å². The van der Waals surface area contributed by atoms with Crippen molar-refractivity contribution >= 4 is 12.0 Å². The molecule has 1 aromatic carbocycles. The van der Waals surface area contributed by atoms with Gasteiger partial charge in [0.1, 0.15) is 17.2 Å². The van der Waals surface area contributed by atoms with Gasteiger partial charge in [-0.1, -0.05) is 12.1 Å². The van der Waals surface area contributed by atoms with Crippen LogP contribution in [0.15, 0.2) is 29.1 Å². The molecule has 1 saturated heterocycles. The standard InChI is InChI=1S/C22H27FN4O5/c1-22(2,3)32-21(31)27-11-5-6-15(27)18-25-16(17(28)20(30)26(18)4)19(29)24-12-13-7-9-14(23)10-8-13/h7-10,15,28H,5-6,11-12H2,1-4H3,(H,24,29)/t15-/m0/s1. The number of carbonyl (C=O) groups is 2. The highest BCUT2D eigenvalue weighted by Crippen LogP contribution is 2.32. The maximum absolute atomic E-state index is 13.1. The minimum Gasteiger partial charge on any atom is -0.501 e. The zero-order valence-electron chi connectivity index (χ0n) is 18.5. The van der Waals surface area contributed by atoms with Crippen molar-refractivity contribution in [2.45, 2.75) is 51.8 Å². The molecule has 0 spiro atoms. The molecule has 0 saturated carbocycles. The van der Waals surface area contributed by atoms with Crippen LogP contribution in [0, 0.1) is 5.82 Å². The molecule has 0 unspecified atom stereocenters. The van der Waals surface area contributed by atoms with E-state index >= 15 is 0 Å². The Morgan fingerprint density at radius 1 is 1.28 bits per heavy atom. The van der Waals surface area contributed by atoms with E-state index in [9.17, 15) is 23.9 Å². The molecule has 1 aliphatic heterocycles. The summed E-state index contributed by atoms with van der Waals surface area (Å²) in [6, 6.07) is 4.97. The van der Waals surface area contributed by atoms with Crippen LogP contribution in [0.5, 0.6) is 5.75 Å². The second kappa shape index (κ2) is 8.97. The van der Waals surface area contributed by atoms with Gasteiger partial charge in [0.25, 0.3) is 11.5 Å². The molecule has 0 aliphatic carbocycles. The van der Waals surface area contributed by atoms with Gasteiger partial charge < -0.3 is 15.2 Å². The fraction of sp³-hybridized carbons (Fsp3) is 0.455. The molecule has 0 radical (unpaired) electrons. The highest BCUT2D eigenvalue weighted by Gasteiger charge is 2.36. The summed E-state index contributed by atoms with van der Waals surface area (Å²) < 4.78 is 19.6. The van der Waals surface area contributed by atoms with Crippen LogP contribution in [0.3, 0.4) is 0 Å². The molecule has 2 amide bonds. The van der Waals surface area contributed by atoms with Crippen LogP contribution in [0.1, 0.15) is 61.5 Å². The number of rotatable bonds is 4. The van der Waals surface area contributed by atoms with Crippen LogP contribution in [-0.4, -0.2) is 43.7 Å². The largest absolute Gasteiger partial charge is 0.501 e. The first-order valence-corrected chi connectivity index (χ1v) is 10.3. The van der Waals surface area contributed by atoms with Crippen molar-refractivity contribution in [1.29, 1.82) is 0 Å². The number of hydrogen-bond acceptors (Lipinski definition) is 6. The van der Waals surface area contributed by atoms with Crippen molar-refractivity contribution in [1.82, 2.24) is 19.8 Å². The highest BCUT2D eigenvalue weighted by molar-refractivity contribution is 5.94. The lowest BCUT2D eigenvalue weighted by molar-refractivity contribution is 0.0215. The smallest absolute Gasteiger partial charge is 0.410 e. The van der Waals surface area contributed by atoms with E-state index in [4.69, 9.17) is 4.74 Å². The molecule has 0 bridgehead atoms. The first-order valence-electron chi connectivity index (χ1n) is 10.3. The van der Waals surface area contributed by atoms with Gasteiger partial charge in [-0.25, -0.2) is 14.2 Å². The number of aromatic nitrogens is 2. The number of ether oxygens (including phenoxy) is 1. The number of halogens is 1. The van der Waals surface area contributed by atoms with Crippen LogP contribution in [0.4, 0.5) is 9.18 Å². The van der Waals surface area contributed by atoms with Gasteiger partial charge in [-0.05, 0) is 51.3 Å². The maximum atomic E-state index is 13.1. The van der Waals surface area contributed by atoms with Crippen LogP contribution in [-0.2, 0) is 18.3 Å². The molecule has 1 fully saturated rings. The van der Waals surface area contributed by atoms with Crippen molar-refractivity contribution in [2.75, 3.05) is 6.54 Å². The Kier molecular flexibility index (Phi) is 6.52. The molecule has 1 aromatic heterocycles. The molecule has 10 heteroatoms. The van der Waals surface area contributed by atoms with E-state index in [1.807, 2.05) is 0 Å². The van der Waals surface area contributed by atoms with Gasteiger partial charge in [-0.15, -0.1) is 0 Å². The first-order chi connectivity index (χ1) is 15.0. The van der Waals surface area contributed by atoms with E-state index in [0.29, 0.717) is 24.9 Å². The molecule has 2 N–H and O–H groups in total. The molecular formula is C22H27FN4O5. The number of benzene rings is 1. The Morgan fingerprint density at radius 2 is 1.94 bits per heavy atom. The SMILES string of the molecule is Cn1c([C@@H]2CCCN2C(=O)OC(C)(C)C)nc(C(=O)NCc2ccc(F)cc2)c(O)c1=O. The van der Waals surface area contributed by atoms with Gasteiger partial charge in [0.05, 0.1) is 6.04 Å². The summed E-state index contributed by atoms with van der Waals surface area (Å²) in [5.74, 6) is -1.76. The van der Waals surface area contributed by atoms with Gasteiger partial charge in [-0.3, -0.25) is 19.1 Å². The zero-order chi connectivity index (χ0) is 23.6. The average Bonchev–Trinajstić information content (AvgIpc) is 3.20. The van der Waals surface area contributed by atoms with E-state index in [-0.39, 0.29) is 12.4 Å². The van der Waals surface area contributed by atoms with Crippen LogP contribution in [0.2, 0.25) is 0 Å². The summed E-state index contributed by atoms with van der Waals surface area (Å²) in [4.78, 5) is 43.7. The van der Waals surface area contributed by atoms with Gasteiger partial charge in [0.2, 0.25) is 5.75 Å². The van der Waals surface area contributed by atoms with E-state index in [1.165, 1.54) is 36.2 Å². The lowest BCUT2D eigenvalue weighted by Crippen LogP contribution is -2.39. The monoisotopic (exact) mass is 446 g/mol. The number of nitrogens with zero attached hydrogens (tertiary/aromatic N) is 3. The predicted molar refractivity (Wildman–Crippen MR) is 114 cm³/mol. The fourth-order valence-corrected chi connectivity index (χ4v) is 3.51. The number of aromatic hydroxyl groups is 1. The van der Waals surface area contributed by atoms with Crippen LogP contribution in [0.25, 0.3) is 0 Å². The summed E-state index contributed by atoms with van der Waals surface area (Å²) in [6.07, 6.45) is 0.665. The molecule has 1 atom stereocenters. The summed E-state index contributed by atoms with van der Waals surface area (Å²) in [5, 5.41) is 12.8. The number of likely N-dealkylation sites (tertiary alicyclic amines) is 1.